The van der Waals surface area contributed by atoms with Crippen molar-refractivity contribution in [2.75, 3.05) is 31.3 Å². The fraction of sp³-hybridized carbons (Fsp3) is 0.455. The lowest BCUT2D eigenvalue weighted by molar-refractivity contribution is 0.211. The number of benzene rings is 1. The molecule has 0 amide bonds. The maximum absolute atomic E-state index is 5.88. The third-order valence-corrected chi connectivity index (χ3v) is 2.15. The van der Waals surface area contributed by atoms with Crippen LogP contribution in [-0.2, 0) is 11.2 Å². The van der Waals surface area contributed by atoms with Crippen molar-refractivity contribution in [2.24, 2.45) is 0 Å². The van der Waals surface area contributed by atoms with E-state index in [1.807, 2.05) is 12.1 Å². The van der Waals surface area contributed by atoms with Gasteiger partial charge < -0.3 is 15.8 Å². The van der Waals surface area contributed by atoms with E-state index >= 15 is 0 Å². The fourth-order valence-electron chi connectivity index (χ4n) is 1.28. The Morgan fingerprint density at radius 1 is 1.43 bits per heavy atom. The molecule has 3 heteroatoms. The molecule has 0 saturated carbocycles. The van der Waals surface area contributed by atoms with E-state index in [0.29, 0.717) is 6.61 Å². The zero-order chi connectivity index (χ0) is 10.4. The Morgan fingerprint density at radius 2 is 2.21 bits per heavy atom. The number of ether oxygens (including phenoxy) is 1. The highest BCUT2D eigenvalue weighted by Gasteiger charge is 1.98. The number of methoxy groups -OCH3 is 1. The van der Waals surface area contributed by atoms with Crippen LogP contribution in [0.4, 0.5) is 11.4 Å². The van der Waals surface area contributed by atoms with Gasteiger partial charge in [0.05, 0.1) is 18.0 Å². The van der Waals surface area contributed by atoms with Crippen molar-refractivity contribution in [3.8, 4) is 0 Å². The Morgan fingerprint density at radius 3 is 2.79 bits per heavy atom. The summed E-state index contributed by atoms with van der Waals surface area (Å²) in [6, 6.07) is 6.12. The summed E-state index contributed by atoms with van der Waals surface area (Å²) in [7, 11) is 1.69. The van der Waals surface area contributed by atoms with Gasteiger partial charge in [0.1, 0.15) is 0 Å². The number of nitrogens with one attached hydrogen (secondary N) is 1. The molecule has 14 heavy (non-hydrogen) atoms. The average Bonchev–Trinajstić information content (AvgIpc) is 2.20. The minimum absolute atomic E-state index is 0.689. The highest BCUT2D eigenvalue weighted by Crippen LogP contribution is 2.19. The molecule has 0 aliphatic carbocycles. The number of anilines is 2. The lowest BCUT2D eigenvalue weighted by atomic mass is 10.1. The molecule has 0 heterocycles. The van der Waals surface area contributed by atoms with Gasteiger partial charge in [0.2, 0.25) is 0 Å². The molecule has 3 nitrogen and oxygen atoms in total. The predicted octanol–water partition coefficient (Wildman–Crippen LogP) is 1.89. The summed E-state index contributed by atoms with van der Waals surface area (Å²) in [6.07, 6.45) is 1.02. The van der Waals surface area contributed by atoms with E-state index in [1.165, 1.54) is 5.56 Å². The second-order valence-corrected chi connectivity index (χ2v) is 3.19. The summed E-state index contributed by atoms with van der Waals surface area (Å²) in [5.74, 6) is 0. The number of aryl methyl sites for hydroxylation is 1. The van der Waals surface area contributed by atoms with Crippen LogP contribution in [0.1, 0.15) is 12.5 Å². The molecule has 1 aromatic rings. The molecule has 0 unspecified atom stereocenters. The van der Waals surface area contributed by atoms with Gasteiger partial charge in [0, 0.05) is 13.7 Å². The minimum atomic E-state index is 0.689. The predicted molar refractivity (Wildman–Crippen MR) is 60.6 cm³/mol. The molecule has 0 aliphatic rings. The Labute approximate surface area is 85.3 Å². The van der Waals surface area contributed by atoms with Crippen molar-refractivity contribution in [3.05, 3.63) is 23.8 Å². The maximum Gasteiger partial charge on any atom is 0.0635 e. The van der Waals surface area contributed by atoms with E-state index in [0.717, 1.165) is 24.3 Å². The smallest absolute Gasteiger partial charge is 0.0635 e. The number of nitrogens with two attached hydrogens (primary N) is 1. The zero-order valence-corrected chi connectivity index (χ0v) is 8.84. The molecule has 3 N–H and O–H groups in total. The van der Waals surface area contributed by atoms with Gasteiger partial charge in [0.25, 0.3) is 0 Å². The summed E-state index contributed by atoms with van der Waals surface area (Å²) in [4.78, 5) is 0. The van der Waals surface area contributed by atoms with Crippen molar-refractivity contribution in [1.29, 1.82) is 0 Å². The SMILES string of the molecule is CCc1ccc(NCCOC)c(N)c1. The van der Waals surface area contributed by atoms with Crippen molar-refractivity contribution in [3.63, 3.8) is 0 Å². The molecule has 0 spiro atoms. The summed E-state index contributed by atoms with van der Waals surface area (Å²) in [5, 5.41) is 3.22. The van der Waals surface area contributed by atoms with Gasteiger partial charge in [-0.3, -0.25) is 0 Å². The molecule has 1 rings (SSSR count). The van der Waals surface area contributed by atoms with Crippen molar-refractivity contribution in [2.45, 2.75) is 13.3 Å². The summed E-state index contributed by atoms with van der Waals surface area (Å²) in [5.41, 5.74) is 8.93. The van der Waals surface area contributed by atoms with E-state index in [1.54, 1.807) is 7.11 Å². The molecule has 0 radical (unpaired) electrons. The van der Waals surface area contributed by atoms with Crippen molar-refractivity contribution < 1.29 is 4.74 Å². The first-order valence-electron chi connectivity index (χ1n) is 4.89. The Kier molecular flexibility index (Phi) is 4.26. The molecule has 1 aromatic carbocycles. The first-order chi connectivity index (χ1) is 6.77. The van der Waals surface area contributed by atoms with Crippen LogP contribution in [0.3, 0.4) is 0 Å². The minimum Gasteiger partial charge on any atom is -0.397 e. The monoisotopic (exact) mass is 194 g/mol. The molecule has 0 fully saturated rings. The topological polar surface area (TPSA) is 47.3 Å². The van der Waals surface area contributed by atoms with E-state index in [-0.39, 0.29) is 0 Å². The number of hydrogen-bond donors (Lipinski definition) is 2. The van der Waals surface area contributed by atoms with Gasteiger partial charge in [-0.25, -0.2) is 0 Å². The first-order valence-corrected chi connectivity index (χ1v) is 4.89. The third-order valence-electron chi connectivity index (χ3n) is 2.15. The van der Waals surface area contributed by atoms with Gasteiger partial charge in [-0.2, -0.15) is 0 Å². The number of nitrogen functional groups attached to an aromatic ring is 1. The van der Waals surface area contributed by atoms with Gasteiger partial charge in [0.15, 0.2) is 0 Å². The molecule has 0 bridgehead atoms. The van der Waals surface area contributed by atoms with Crippen LogP contribution in [0.5, 0.6) is 0 Å². The van der Waals surface area contributed by atoms with Crippen molar-refractivity contribution in [1.82, 2.24) is 0 Å². The molecule has 0 atom stereocenters. The van der Waals surface area contributed by atoms with Crippen molar-refractivity contribution >= 4 is 11.4 Å². The summed E-state index contributed by atoms with van der Waals surface area (Å²) in [6.45, 7) is 3.59. The van der Waals surface area contributed by atoms with Gasteiger partial charge in [-0.15, -0.1) is 0 Å². The normalized spacial score (nSPS) is 10.1. The number of rotatable bonds is 5. The Balaban J connectivity index is 2.59. The second-order valence-electron chi connectivity index (χ2n) is 3.19. The van der Waals surface area contributed by atoms with Crippen LogP contribution in [0.15, 0.2) is 18.2 Å². The largest absolute Gasteiger partial charge is 0.397 e. The van der Waals surface area contributed by atoms with Crippen LogP contribution in [-0.4, -0.2) is 20.3 Å². The van der Waals surface area contributed by atoms with Crippen LogP contribution >= 0.6 is 0 Å². The first kappa shape index (κ1) is 10.9. The van der Waals surface area contributed by atoms with Crippen LogP contribution < -0.4 is 11.1 Å². The lowest BCUT2D eigenvalue weighted by Crippen LogP contribution is -2.09. The zero-order valence-electron chi connectivity index (χ0n) is 8.84. The third kappa shape index (κ3) is 2.92. The van der Waals surface area contributed by atoms with E-state index < -0.39 is 0 Å². The lowest BCUT2D eigenvalue weighted by Gasteiger charge is -2.09. The molecule has 0 saturated heterocycles. The molecular formula is C11H18N2O. The standard InChI is InChI=1S/C11H18N2O/c1-3-9-4-5-11(10(12)8-9)13-6-7-14-2/h4-5,8,13H,3,6-7,12H2,1-2H3. The van der Waals surface area contributed by atoms with Gasteiger partial charge in [-0.1, -0.05) is 13.0 Å². The molecule has 78 valence electrons. The van der Waals surface area contributed by atoms with E-state index in [9.17, 15) is 0 Å². The summed E-state index contributed by atoms with van der Waals surface area (Å²) < 4.78 is 4.95. The average molecular weight is 194 g/mol. The second kappa shape index (κ2) is 5.50. The Hall–Kier alpha value is -1.22. The van der Waals surface area contributed by atoms with E-state index in [2.05, 4.69) is 18.3 Å². The van der Waals surface area contributed by atoms with Gasteiger partial charge in [-0.05, 0) is 24.1 Å². The molecule has 0 aliphatic heterocycles. The van der Waals surface area contributed by atoms with Crippen LogP contribution in [0, 0.1) is 0 Å². The quantitative estimate of drug-likeness (QED) is 0.556. The Bertz CT molecular complexity index is 287. The van der Waals surface area contributed by atoms with Gasteiger partial charge >= 0.3 is 0 Å². The number of hydrogen-bond acceptors (Lipinski definition) is 3. The van der Waals surface area contributed by atoms with Crippen LogP contribution in [0.2, 0.25) is 0 Å². The molecular weight excluding hydrogens is 176 g/mol. The highest BCUT2D eigenvalue weighted by molar-refractivity contribution is 5.66. The van der Waals surface area contributed by atoms with E-state index in [4.69, 9.17) is 10.5 Å². The molecule has 0 aromatic heterocycles. The maximum atomic E-state index is 5.88. The fourth-order valence-corrected chi connectivity index (χ4v) is 1.28. The highest BCUT2D eigenvalue weighted by atomic mass is 16.5. The van der Waals surface area contributed by atoms with Crippen LogP contribution in [0.25, 0.3) is 0 Å². The summed E-state index contributed by atoms with van der Waals surface area (Å²) >= 11 is 0.